The Morgan fingerprint density at radius 1 is 0.931 bits per heavy atom. The Hall–Kier alpha value is -3.36. The van der Waals surface area contributed by atoms with Gasteiger partial charge in [-0.15, -0.1) is 0 Å². The molecule has 0 unspecified atom stereocenters. The normalized spacial score (nSPS) is 10.9. The van der Waals surface area contributed by atoms with Crippen molar-refractivity contribution in [3.8, 4) is 0 Å². The summed E-state index contributed by atoms with van der Waals surface area (Å²) in [7, 11) is 0. The van der Waals surface area contributed by atoms with Gasteiger partial charge in [0.25, 0.3) is 5.91 Å². The standard InChI is InChI=1S/C20H19F3N2O4/c1-2-29-18(27)10-9-17(26)24-15-7-3-5-13(11-15)19(28)25-16-8-4-6-14(12-16)20(21,22)23/h3-8,11-12H,2,9-10H2,1H3,(H,24,26)(H,25,28). The Labute approximate surface area is 165 Å². The predicted octanol–water partition coefficient (Wildman–Crippen LogP) is 4.24. The summed E-state index contributed by atoms with van der Waals surface area (Å²) in [5.74, 6) is -1.56. The van der Waals surface area contributed by atoms with Gasteiger partial charge in [-0.25, -0.2) is 0 Å². The van der Waals surface area contributed by atoms with Crippen LogP contribution in [0.5, 0.6) is 0 Å². The van der Waals surface area contributed by atoms with Crippen molar-refractivity contribution in [2.45, 2.75) is 25.9 Å². The highest BCUT2D eigenvalue weighted by atomic mass is 19.4. The minimum absolute atomic E-state index is 0.00583. The van der Waals surface area contributed by atoms with E-state index in [0.717, 1.165) is 12.1 Å². The van der Waals surface area contributed by atoms with Crippen LogP contribution in [0.25, 0.3) is 0 Å². The highest BCUT2D eigenvalue weighted by Crippen LogP contribution is 2.30. The Morgan fingerprint density at radius 2 is 1.59 bits per heavy atom. The van der Waals surface area contributed by atoms with Gasteiger partial charge in [-0.05, 0) is 43.3 Å². The largest absolute Gasteiger partial charge is 0.466 e. The number of nitrogens with one attached hydrogen (secondary N) is 2. The molecule has 29 heavy (non-hydrogen) atoms. The quantitative estimate of drug-likeness (QED) is 0.672. The molecule has 2 rings (SSSR count). The van der Waals surface area contributed by atoms with E-state index < -0.39 is 29.5 Å². The smallest absolute Gasteiger partial charge is 0.416 e. The van der Waals surface area contributed by atoms with Crippen LogP contribution in [0.15, 0.2) is 48.5 Å². The number of carbonyl (C=O) groups excluding carboxylic acids is 3. The lowest BCUT2D eigenvalue weighted by Gasteiger charge is -2.11. The van der Waals surface area contributed by atoms with Crippen LogP contribution in [0.2, 0.25) is 0 Å². The molecule has 0 aliphatic rings. The van der Waals surface area contributed by atoms with E-state index in [1.54, 1.807) is 13.0 Å². The molecule has 0 spiro atoms. The molecule has 2 aromatic rings. The van der Waals surface area contributed by atoms with Gasteiger partial charge in [0.15, 0.2) is 0 Å². The first kappa shape index (κ1) is 21.9. The lowest BCUT2D eigenvalue weighted by atomic mass is 10.1. The fraction of sp³-hybridized carbons (Fsp3) is 0.250. The number of esters is 1. The molecule has 0 fully saturated rings. The molecule has 0 saturated heterocycles. The van der Waals surface area contributed by atoms with E-state index in [2.05, 4.69) is 10.6 Å². The number of hydrogen-bond donors (Lipinski definition) is 2. The zero-order chi connectivity index (χ0) is 21.4. The average Bonchev–Trinajstić information content (AvgIpc) is 2.66. The van der Waals surface area contributed by atoms with Crippen LogP contribution in [0, 0.1) is 0 Å². The minimum Gasteiger partial charge on any atom is -0.466 e. The van der Waals surface area contributed by atoms with E-state index in [1.807, 2.05) is 0 Å². The van der Waals surface area contributed by atoms with Gasteiger partial charge in [-0.1, -0.05) is 12.1 Å². The maximum Gasteiger partial charge on any atom is 0.416 e. The summed E-state index contributed by atoms with van der Waals surface area (Å²) in [5, 5.41) is 4.94. The molecule has 9 heteroatoms. The summed E-state index contributed by atoms with van der Waals surface area (Å²) in [4.78, 5) is 35.5. The van der Waals surface area contributed by atoms with E-state index in [9.17, 15) is 27.6 Å². The molecule has 2 amide bonds. The van der Waals surface area contributed by atoms with Crippen molar-refractivity contribution in [1.82, 2.24) is 0 Å². The number of hydrogen-bond acceptors (Lipinski definition) is 4. The van der Waals surface area contributed by atoms with Crippen LogP contribution in [0.3, 0.4) is 0 Å². The fourth-order valence-corrected chi connectivity index (χ4v) is 2.39. The van der Waals surface area contributed by atoms with Crippen LogP contribution >= 0.6 is 0 Å². The highest BCUT2D eigenvalue weighted by molar-refractivity contribution is 6.05. The highest BCUT2D eigenvalue weighted by Gasteiger charge is 2.30. The van der Waals surface area contributed by atoms with Crippen LogP contribution in [-0.2, 0) is 20.5 Å². The van der Waals surface area contributed by atoms with E-state index in [1.165, 1.54) is 30.3 Å². The molecule has 0 radical (unpaired) electrons. The van der Waals surface area contributed by atoms with Gasteiger partial charge in [0, 0.05) is 23.4 Å². The van der Waals surface area contributed by atoms with Crippen LogP contribution in [-0.4, -0.2) is 24.4 Å². The third-order valence-electron chi connectivity index (χ3n) is 3.72. The molecule has 2 N–H and O–H groups in total. The van der Waals surface area contributed by atoms with Gasteiger partial charge in [0.1, 0.15) is 0 Å². The van der Waals surface area contributed by atoms with Crippen molar-refractivity contribution in [1.29, 1.82) is 0 Å². The van der Waals surface area contributed by atoms with E-state index >= 15 is 0 Å². The number of carbonyl (C=O) groups is 3. The lowest BCUT2D eigenvalue weighted by molar-refractivity contribution is -0.144. The predicted molar refractivity (Wildman–Crippen MR) is 100 cm³/mol. The molecule has 154 valence electrons. The van der Waals surface area contributed by atoms with Gasteiger partial charge in [-0.2, -0.15) is 13.2 Å². The van der Waals surface area contributed by atoms with Crippen LogP contribution in [0.4, 0.5) is 24.5 Å². The molecule has 2 aromatic carbocycles. The first-order valence-electron chi connectivity index (χ1n) is 8.73. The maximum atomic E-state index is 12.8. The van der Waals surface area contributed by atoms with Crippen molar-refractivity contribution in [3.63, 3.8) is 0 Å². The number of amides is 2. The summed E-state index contributed by atoms with van der Waals surface area (Å²) in [6.07, 6.45) is -4.68. The molecule has 0 atom stereocenters. The zero-order valence-corrected chi connectivity index (χ0v) is 15.5. The number of alkyl halides is 3. The lowest BCUT2D eigenvalue weighted by Crippen LogP contribution is -2.16. The molecule has 0 heterocycles. The van der Waals surface area contributed by atoms with Crippen molar-refractivity contribution in [3.05, 3.63) is 59.7 Å². The van der Waals surface area contributed by atoms with Crippen molar-refractivity contribution >= 4 is 29.2 Å². The van der Waals surface area contributed by atoms with Gasteiger partial charge in [-0.3, -0.25) is 14.4 Å². The average molecular weight is 408 g/mol. The summed E-state index contributed by atoms with van der Waals surface area (Å²) in [5.41, 5.74) is -0.423. The summed E-state index contributed by atoms with van der Waals surface area (Å²) >= 11 is 0. The van der Waals surface area contributed by atoms with Crippen molar-refractivity contribution < 1.29 is 32.3 Å². The first-order valence-corrected chi connectivity index (χ1v) is 8.73. The van der Waals surface area contributed by atoms with Gasteiger partial charge >= 0.3 is 12.1 Å². The number of halogens is 3. The molecule has 6 nitrogen and oxygen atoms in total. The Kier molecular flexibility index (Phi) is 7.35. The third kappa shape index (κ3) is 6.95. The number of rotatable bonds is 7. The van der Waals surface area contributed by atoms with Gasteiger partial charge < -0.3 is 15.4 Å². The van der Waals surface area contributed by atoms with Gasteiger partial charge in [0.05, 0.1) is 18.6 Å². The summed E-state index contributed by atoms with van der Waals surface area (Å²) in [6, 6.07) is 10.2. The molecule has 0 bridgehead atoms. The Morgan fingerprint density at radius 3 is 2.24 bits per heavy atom. The number of anilines is 2. The first-order chi connectivity index (χ1) is 13.7. The van der Waals surface area contributed by atoms with E-state index in [-0.39, 0.29) is 30.7 Å². The number of ether oxygens (including phenoxy) is 1. The Bertz CT molecular complexity index is 897. The Balaban J connectivity index is 2.01. The summed E-state index contributed by atoms with van der Waals surface area (Å²) in [6.45, 7) is 1.89. The van der Waals surface area contributed by atoms with Crippen molar-refractivity contribution in [2.24, 2.45) is 0 Å². The maximum absolute atomic E-state index is 12.8. The van der Waals surface area contributed by atoms with Crippen LogP contribution in [0.1, 0.15) is 35.7 Å². The second-order valence-electron chi connectivity index (χ2n) is 5.97. The second-order valence-corrected chi connectivity index (χ2v) is 5.97. The van der Waals surface area contributed by atoms with E-state index in [4.69, 9.17) is 4.74 Å². The van der Waals surface area contributed by atoms with E-state index in [0.29, 0.717) is 5.69 Å². The second kappa shape index (κ2) is 9.72. The van der Waals surface area contributed by atoms with Crippen LogP contribution < -0.4 is 10.6 Å². The molecule has 0 aliphatic carbocycles. The zero-order valence-electron chi connectivity index (χ0n) is 15.5. The number of benzene rings is 2. The third-order valence-corrected chi connectivity index (χ3v) is 3.72. The van der Waals surface area contributed by atoms with Crippen molar-refractivity contribution in [2.75, 3.05) is 17.2 Å². The molecule has 0 aromatic heterocycles. The monoisotopic (exact) mass is 408 g/mol. The molecule has 0 saturated carbocycles. The molecular weight excluding hydrogens is 389 g/mol. The summed E-state index contributed by atoms with van der Waals surface area (Å²) < 4.78 is 43.1. The molecular formula is C20H19F3N2O4. The fourth-order valence-electron chi connectivity index (χ4n) is 2.39. The molecule has 0 aliphatic heterocycles. The van der Waals surface area contributed by atoms with Gasteiger partial charge in [0.2, 0.25) is 5.91 Å². The topological polar surface area (TPSA) is 84.5 Å². The SMILES string of the molecule is CCOC(=O)CCC(=O)Nc1cccc(C(=O)Nc2cccc(C(F)(F)F)c2)c1. The minimum atomic E-state index is -4.52.